The Bertz CT molecular complexity index is 663. The maximum atomic E-state index is 13.1. The van der Waals surface area contributed by atoms with Gasteiger partial charge < -0.3 is 15.1 Å². The van der Waals surface area contributed by atoms with Gasteiger partial charge in [-0.3, -0.25) is 9.59 Å². The summed E-state index contributed by atoms with van der Waals surface area (Å²) in [6.45, 7) is 8.96. The molecule has 0 saturated carbocycles. The number of rotatable bonds is 6. The molecule has 2 heterocycles. The third-order valence-electron chi connectivity index (χ3n) is 5.97. The predicted molar refractivity (Wildman–Crippen MR) is 107 cm³/mol. The van der Waals surface area contributed by atoms with Gasteiger partial charge in [0.1, 0.15) is 11.9 Å². The smallest absolute Gasteiger partial charge is 0.251 e. The van der Waals surface area contributed by atoms with Gasteiger partial charge >= 0.3 is 0 Å². The van der Waals surface area contributed by atoms with Crippen LogP contribution in [-0.4, -0.2) is 60.4 Å². The van der Waals surface area contributed by atoms with E-state index < -0.39 is 6.04 Å². The minimum absolute atomic E-state index is 0.00918. The number of nitrogens with zero attached hydrogens (tertiary/aromatic N) is 2. The molecule has 28 heavy (non-hydrogen) atoms. The number of nitrogens with one attached hydrogen (secondary N) is 1. The van der Waals surface area contributed by atoms with Gasteiger partial charge in [0.25, 0.3) is 5.91 Å². The Morgan fingerprint density at radius 3 is 2.25 bits per heavy atom. The standard InChI is InChI=1S/C22H32FN3O2/c1-16(2)20(24-21(27)18-5-7-19(23)8-6-18)22(28)26-13-9-17(10-14-26)15-25-11-3-4-12-25/h5-8,16-17,20H,3-4,9-15H2,1-2H3,(H,24,27)/t20-/m1/s1. The molecule has 2 aliphatic heterocycles. The largest absolute Gasteiger partial charge is 0.341 e. The fraction of sp³-hybridized carbons (Fsp3) is 0.636. The molecule has 0 radical (unpaired) electrons. The summed E-state index contributed by atoms with van der Waals surface area (Å²) >= 11 is 0. The van der Waals surface area contributed by atoms with Crippen LogP contribution in [0.1, 0.15) is 49.9 Å². The van der Waals surface area contributed by atoms with E-state index in [1.54, 1.807) is 0 Å². The zero-order valence-corrected chi connectivity index (χ0v) is 17.0. The number of hydrogen-bond donors (Lipinski definition) is 1. The Labute approximate surface area is 167 Å². The molecule has 0 aliphatic carbocycles. The van der Waals surface area contributed by atoms with E-state index in [0.29, 0.717) is 11.5 Å². The van der Waals surface area contributed by atoms with Crippen molar-refractivity contribution in [2.24, 2.45) is 11.8 Å². The topological polar surface area (TPSA) is 52.7 Å². The number of hydrogen-bond acceptors (Lipinski definition) is 3. The molecule has 2 aliphatic rings. The van der Waals surface area contributed by atoms with Crippen molar-refractivity contribution in [3.63, 3.8) is 0 Å². The third-order valence-corrected chi connectivity index (χ3v) is 5.97. The summed E-state index contributed by atoms with van der Waals surface area (Å²) in [5.74, 6) is -0.0847. The van der Waals surface area contributed by atoms with Crippen molar-refractivity contribution in [3.8, 4) is 0 Å². The van der Waals surface area contributed by atoms with Crippen LogP contribution in [0, 0.1) is 17.7 Å². The van der Waals surface area contributed by atoms with Gasteiger partial charge in [-0.05, 0) is 74.9 Å². The van der Waals surface area contributed by atoms with E-state index in [4.69, 9.17) is 0 Å². The van der Waals surface area contributed by atoms with Gasteiger partial charge in [-0.15, -0.1) is 0 Å². The van der Waals surface area contributed by atoms with Crippen LogP contribution in [0.15, 0.2) is 24.3 Å². The minimum atomic E-state index is -0.562. The summed E-state index contributed by atoms with van der Waals surface area (Å²) < 4.78 is 13.1. The SMILES string of the molecule is CC(C)[C@@H](NC(=O)c1ccc(F)cc1)C(=O)N1CCC(CN2CCCC2)CC1. The first-order chi connectivity index (χ1) is 13.4. The summed E-state index contributed by atoms with van der Waals surface area (Å²) in [4.78, 5) is 30.0. The molecule has 1 N–H and O–H groups in total. The average molecular weight is 390 g/mol. The first-order valence-corrected chi connectivity index (χ1v) is 10.5. The second kappa shape index (κ2) is 9.50. The van der Waals surface area contributed by atoms with Crippen LogP contribution < -0.4 is 5.32 Å². The van der Waals surface area contributed by atoms with Crippen molar-refractivity contribution in [3.05, 3.63) is 35.6 Å². The fourth-order valence-corrected chi connectivity index (χ4v) is 4.20. The summed E-state index contributed by atoms with van der Waals surface area (Å²) in [6, 6.07) is 4.83. The molecule has 3 rings (SSSR count). The molecule has 1 atom stereocenters. The molecule has 0 aromatic heterocycles. The highest BCUT2D eigenvalue weighted by Crippen LogP contribution is 2.22. The zero-order chi connectivity index (χ0) is 20.1. The number of likely N-dealkylation sites (tertiary alicyclic amines) is 2. The van der Waals surface area contributed by atoms with Gasteiger partial charge in [-0.2, -0.15) is 0 Å². The van der Waals surface area contributed by atoms with E-state index in [0.717, 1.165) is 32.5 Å². The number of benzene rings is 1. The van der Waals surface area contributed by atoms with Crippen LogP contribution in [0.3, 0.4) is 0 Å². The lowest BCUT2D eigenvalue weighted by Gasteiger charge is -2.36. The fourth-order valence-electron chi connectivity index (χ4n) is 4.20. The second-order valence-corrected chi connectivity index (χ2v) is 8.48. The molecule has 0 spiro atoms. The molecule has 1 aromatic rings. The Kier molecular flexibility index (Phi) is 7.05. The summed E-state index contributed by atoms with van der Waals surface area (Å²) in [5, 5.41) is 2.86. The van der Waals surface area contributed by atoms with Crippen molar-refractivity contribution in [1.29, 1.82) is 0 Å². The van der Waals surface area contributed by atoms with Crippen molar-refractivity contribution >= 4 is 11.8 Å². The van der Waals surface area contributed by atoms with Crippen LogP contribution in [0.2, 0.25) is 0 Å². The quantitative estimate of drug-likeness (QED) is 0.814. The second-order valence-electron chi connectivity index (χ2n) is 8.48. The van der Waals surface area contributed by atoms with E-state index in [2.05, 4.69) is 10.2 Å². The van der Waals surface area contributed by atoms with Crippen LogP contribution in [0.25, 0.3) is 0 Å². The molecule has 0 bridgehead atoms. The van der Waals surface area contributed by atoms with Crippen molar-refractivity contribution in [2.45, 2.75) is 45.6 Å². The molecular formula is C22H32FN3O2. The molecule has 0 unspecified atom stereocenters. The van der Waals surface area contributed by atoms with E-state index in [9.17, 15) is 14.0 Å². The molecule has 2 saturated heterocycles. The summed E-state index contributed by atoms with van der Waals surface area (Å²) in [7, 11) is 0. The molecule has 6 heteroatoms. The van der Waals surface area contributed by atoms with Crippen LogP contribution in [0.5, 0.6) is 0 Å². The van der Waals surface area contributed by atoms with Gasteiger partial charge in [0.2, 0.25) is 5.91 Å². The van der Waals surface area contributed by atoms with Crippen molar-refractivity contribution in [2.75, 3.05) is 32.7 Å². The Hall–Kier alpha value is -1.95. The molecule has 1 aromatic carbocycles. The third kappa shape index (κ3) is 5.31. The average Bonchev–Trinajstić information content (AvgIpc) is 3.19. The Morgan fingerprint density at radius 2 is 1.68 bits per heavy atom. The van der Waals surface area contributed by atoms with E-state index in [1.807, 2.05) is 18.7 Å². The zero-order valence-electron chi connectivity index (χ0n) is 17.0. The lowest BCUT2D eigenvalue weighted by molar-refractivity contribution is -0.135. The van der Waals surface area contributed by atoms with Gasteiger partial charge in [0, 0.05) is 25.2 Å². The van der Waals surface area contributed by atoms with Gasteiger partial charge in [-0.25, -0.2) is 4.39 Å². The van der Waals surface area contributed by atoms with E-state index in [-0.39, 0.29) is 23.5 Å². The van der Waals surface area contributed by atoms with Crippen LogP contribution in [0.4, 0.5) is 4.39 Å². The van der Waals surface area contributed by atoms with Crippen LogP contribution in [-0.2, 0) is 4.79 Å². The molecule has 2 amide bonds. The highest BCUT2D eigenvalue weighted by atomic mass is 19.1. The molecule has 2 fully saturated rings. The van der Waals surface area contributed by atoms with Crippen molar-refractivity contribution in [1.82, 2.24) is 15.1 Å². The maximum absolute atomic E-state index is 13.1. The normalized spacial score (nSPS) is 19.8. The van der Waals surface area contributed by atoms with Crippen LogP contribution >= 0.6 is 0 Å². The number of halogens is 1. The first kappa shape index (κ1) is 20.8. The Morgan fingerprint density at radius 1 is 1.07 bits per heavy atom. The van der Waals surface area contributed by atoms with Gasteiger partial charge in [-0.1, -0.05) is 13.8 Å². The van der Waals surface area contributed by atoms with E-state index in [1.165, 1.54) is 50.2 Å². The number of carbonyl (C=O) groups excluding carboxylic acids is 2. The first-order valence-electron chi connectivity index (χ1n) is 10.5. The van der Waals surface area contributed by atoms with Gasteiger partial charge in [0.15, 0.2) is 0 Å². The monoisotopic (exact) mass is 389 g/mol. The number of carbonyl (C=O) groups is 2. The molecular weight excluding hydrogens is 357 g/mol. The highest BCUT2D eigenvalue weighted by Gasteiger charge is 2.32. The molecule has 5 nitrogen and oxygen atoms in total. The maximum Gasteiger partial charge on any atom is 0.251 e. The van der Waals surface area contributed by atoms with E-state index >= 15 is 0 Å². The molecule has 154 valence electrons. The van der Waals surface area contributed by atoms with Gasteiger partial charge in [0.05, 0.1) is 0 Å². The summed E-state index contributed by atoms with van der Waals surface area (Å²) in [6.07, 6.45) is 4.67. The highest BCUT2D eigenvalue weighted by molar-refractivity contribution is 5.97. The lowest BCUT2D eigenvalue weighted by Crippen LogP contribution is -2.53. The van der Waals surface area contributed by atoms with Crippen molar-refractivity contribution < 1.29 is 14.0 Å². The minimum Gasteiger partial charge on any atom is -0.341 e. The number of amides is 2. The Balaban J connectivity index is 1.54. The predicted octanol–water partition coefficient (Wildman–Crippen LogP) is 2.91. The number of piperidine rings is 1. The summed E-state index contributed by atoms with van der Waals surface area (Å²) in [5.41, 5.74) is 0.365. The lowest BCUT2D eigenvalue weighted by atomic mass is 9.94.